The van der Waals surface area contributed by atoms with Crippen LogP contribution in [0.1, 0.15) is 38.2 Å². The van der Waals surface area contributed by atoms with E-state index in [0.29, 0.717) is 22.4 Å². The predicted molar refractivity (Wildman–Crippen MR) is 133 cm³/mol. The van der Waals surface area contributed by atoms with Gasteiger partial charge in [0.25, 0.3) is 0 Å². The number of carbonyl (C=O) groups is 1. The number of amides is 1. The highest BCUT2D eigenvalue weighted by Crippen LogP contribution is 2.26. The molecular weight excluding hydrogens is 445 g/mol. The molecule has 2 heterocycles. The molecule has 4 rings (SSSR count). The number of benzene rings is 2. The molecule has 8 heteroatoms. The molecule has 0 radical (unpaired) electrons. The summed E-state index contributed by atoms with van der Waals surface area (Å²) in [5, 5.41) is 7.63. The summed E-state index contributed by atoms with van der Waals surface area (Å²) in [4.78, 5) is 22.5. The Morgan fingerprint density at radius 3 is 2.75 bits per heavy atom. The van der Waals surface area contributed by atoms with Crippen molar-refractivity contribution in [2.45, 2.75) is 39.2 Å². The Hall–Kier alpha value is -2.28. The summed E-state index contributed by atoms with van der Waals surface area (Å²) in [6.07, 6.45) is 3.59. The Balaban J connectivity index is 1.29. The lowest BCUT2D eigenvalue weighted by Gasteiger charge is -2.32. The number of rotatable bonds is 8. The number of hydrogen-bond donors (Lipinski definition) is 3. The van der Waals surface area contributed by atoms with Gasteiger partial charge in [0.2, 0.25) is 11.9 Å². The Morgan fingerprint density at radius 1 is 1.19 bits per heavy atom. The van der Waals surface area contributed by atoms with Crippen molar-refractivity contribution >= 4 is 51.8 Å². The molecule has 0 bridgehead atoms. The predicted octanol–water partition coefficient (Wildman–Crippen LogP) is 5.93. The molecule has 1 amide bonds. The Labute approximate surface area is 198 Å². The van der Waals surface area contributed by atoms with Crippen molar-refractivity contribution in [3.05, 3.63) is 52.0 Å². The van der Waals surface area contributed by atoms with Crippen LogP contribution >= 0.6 is 23.2 Å². The summed E-state index contributed by atoms with van der Waals surface area (Å²) in [6, 6.07) is 11.7. The van der Waals surface area contributed by atoms with E-state index in [-0.39, 0.29) is 5.91 Å². The topological polar surface area (TPSA) is 73.1 Å². The number of nitrogens with zero attached hydrogens (tertiary/aromatic N) is 2. The van der Waals surface area contributed by atoms with E-state index in [1.165, 1.54) is 5.56 Å². The molecule has 1 aliphatic heterocycles. The number of nitrogens with one attached hydrogen (secondary N) is 3. The number of H-pyrrole nitrogens is 1. The van der Waals surface area contributed by atoms with Crippen molar-refractivity contribution in [2.24, 2.45) is 5.92 Å². The summed E-state index contributed by atoms with van der Waals surface area (Å²) >= 11 is 12.2. The normalized spacial score (nSPS) is 15.2. The number of hydrogen-bond acceptors (Lipinski definition) is 4. The zero-order valence-electron chi connectivity index (χ0n) is 18.3. The number of fused-ring (bicyclic) bond motifs is 1. The minimum absolute atomic E-state index is 0.0186. The maximum atomic E-state index is 12.0. The maximum absolute atomic E-state index is 12.0. The fourth-order valence-corrected chi connectivity index (χ4v) is 4.46. The fourth-order valence-electron chi connectivity index (χ4n) is 4.14. The molecular formula is C24H29Cl2N5O. The summed E-state index contributed by atoms with van der Waals surface area (Å²) in [5.74, 6) is 1.36. The first kappa shape index (κ1) is 22.9. The molecule has 1 fully saturated rings. The van der Waals surface area contributed by atoms with E-state index in [2.05, 4.69) is 25.5 Å². The second-order valence-corrected chi connectivity index (χ2v) is 9.25. The van der Waals surface area contributed by atoms with Crippen LogP contribution < -0.4 is 10.6 Å². The van der Waals surface area contributed by atoms with E-state index in [9.17, 15) is 4.79 Å². The first-order valence-electron chi connectivity index (χ1n) is 11.2. The number of piperidine rings is 1. The Bertz CT molecular complexity index is 1080. The second-order valence-electron chi connectivity index (χ2n) is 8.43. The number of anilines is 2. The van der Waals surface area contributed by atoms with Crippen molar-refractivity contribution < 1.29 is 4.79 Å². The molecule has 32 heavy (non-hydrogen) atoms. The van der Waals surface area contributed by atoms with E-state index < -0.39 is 0 Å². The van der Waals surface area contributed by atoms with E-state index >= 15 is 0 Å². The van der Waals surface area contributed by atoms with Gasteiger partial charge in [-0.05, 0) is 68.1 Å². The molecule has 0 aliphatic carbocycles. The number of likely N-dealkylation sites (tertiary alicyclic amines) is 1. The highest BCUT2D eigenvalue weighted by Gasteiger charge is 2.20. The minimum atomic E-state index is 0.0186. The van der Waals surface area contributed by atoms with E-state index in [4.69, 9.17) is 23.2 Å². The molecule has 1 aromatic heterocycles. The molecule has 170 valence electrons. The molecule has 0 atom stereocenters. The average Bonchev–Trinajstić information content (AvgIpc) is 3.20. The lowest BCUT2D eigenvalue weighted by molar-refractivity contribution is -0.116. The van der Waals surface area contributed by atoms with Gasteiger partial charge in [0.05, 0.1) is 21.2 Å². The number of aromatic amines is 1. The van der Waals surface area contributed by atoms with E-state index in [0.717, 1.165) is 68.1 Å². The van der Waals surface area contributed by atoms with Gasteiger partial charge in [-0.1, -0.05) is 42.3 Å². The van der Waals surface area contributed by atoms with Gasteiger partial charge < -0.3 is 15.6 Å². The van der Waals surface area contributed by atoms with Crippen molar-refractivity contribution in [1.82, 2.24) is 14.9 Å². The smallest absolute Gasteiger partial charge is 0.224 e. The van der Waals surface area contributed by atoms with Crippen LogP contribution in [0.25, 0.3) is 11.0 Å². The van der Waals surface area contributed by atoms with Crippen LogP contribution in [0.4, 0.5) is 11.6 Å². The van der Waals surface area contributed by atoms with Gasteiger partial charge >= 0.3 is 0 Å². The van der Waals surface area contributed by atoms with Gasteiger partial charge in [-0.2, -0.15) is 0 Å². The largest absolute Gasteiger partial charge is 0.356 e. The van der Waals surface area contributed by atoms with Crippen LogP contribution in [0.15, 0.2) is 36.4 Å². The zero-order chi connectivity index (χ0) is 22.5. The third-order valence-corrected chi connectivity index (χ3v) is 6.66. The van der Waals surface area contributed by atoms with E-state index in [1.807, 2.05) is 43.3 Å². The van der Waals surface area contributed by atoms with Gasteiger partial charge in [0.1, 0.15) is 5.52 Å². The highest BCUT2D eigenvalue weighted by atomic mass is 35.5. The molecule has 3 N–H and O–H groups in total. The fraction of sp³-hybridized carbons (Fsp3) is 0.417. The molecule has 3 aromatic rings. The van der Waals surface area contributed by atoms with Crippen molar-refractivity contribution in [3.8, 4) is 0 Å². The van der Waals surface area contributed by atoms with Gasteiger partial charge in [-0.3, -0.25) is 9.69 Å². The monoisotopic (exact) mass is 473 g/mol. The quantitative estimate of drug-likeness (QED) is 0.378. The van der Waals surface area contributed by atoms with E-state index in [1.54, 1.807) is 0 Å². The number of imidazole rings is 1. The number of carbonyl (C=O) groups excluding carboxylic acids is 1. The van der Waals surface area contributed by atoms with Crippen LogP contribution in [-0.4, -0.2) is 40.4 Å². The molecule has 0 saturated carbocycles. The highest BCUT2D eigenvalue weighted by molar-refractivity contribution is 6.42. The molecule has 0 unspecified atom stereocenters. The third kappa shape index (κ3) is 5.74. The number of aromatic nitrogens is 2. The summed E-state index contributed by atoms with van der Waals surface area (Å²) < 4.78 is 0. The summed E-state index contributed by atoms with van der Waals surface area (Å²) in [5.41, 5.74) is 3.65. The Morgan fingerprint density at radius 2 is 2.00 bits per heavy atom. The lowest BCUT2D eigenvalue weighted by atomic mass is 9.96. The first-order valence-corrected chi connectivity index (χ1v) is 12.0. The molecule has 2 aromatic carbocycles. The zero-order valence-corrected chi connectivity index (χ0v) is 19.8. The molecule has 1 saturated heterocycles. The number of halogens is 2. The van der Waals surface area contributed by atoms with Crippen LogP contribution in [0.5, 0.6) is 0 Å². The molecule has 6 nitrogen and oxygen atoms in total. The standard InChI is InChI=1S/C24H29Cl2N5O/c1-2-4-22(32)28-20-5-3-6-21-23(20)30-24(29-21)27-14-16-9-11-31(12-10-16)15-17-7-8-18(25)19(26)13-17/h3,5-8,13,16H,2,4,9-12,14-15H2,1H3,(H,28,32)(H2,27,29,30). The van der Waals surface area contributed by atoms with Crippen LogP contribution in [0, 0.1) is 5.92 Å². The van der Waals surface area contributed by atoms with Crippen molar-refractivity contribution in [1.29, 1.82) is 0 Å². The van der Waals surface area contributed by atoms with Crippen molar-refractivity contribution in [3.63, 3.8) is 0 Å². The van der Waals surface area contributed by atoms with Crippen LogP contribution in [-0.2, 0) is 11.3 Å². The second kappa shape index (κ2) is 10.6. The number of para-hydroxylation sites is 1. The van der Waals surface area contributed by atoms with Crippen LogP contribution in [0.3, 0.4) is 0 Å². The van der Waals surface area contributed by atoms with Gasteiger partial charge in [-0.15, -0.1) is 0 Å². The summed E-state index contributed by atoms with van der Waals surface area (Å²) in [7, 11) is 0. The molecule has 0 spiro atoms. The first-order chi connectivity index (χ1) is 15.5. The van der Waals surface area contributed by atoms with Crippen LogP contribution in [0.2, 0.25) is 10.0 Å². The van der Waals surface area contributed by atoms with Gasteiger partial charge in [0, 0.05) is 19.5 Å². The average molecular weight is 474 g/mol. The van der Waals surface area contributed by atoms with Crippen molar-refractivity contribution in [2.75, 3.05) is 30.3 Å². The SMILES string of the molecule is CCCC(=O)Nc1cccc2[nH]c(NCC3CCN(Cc4ccc(Cl)c(Cl)c4)CC3)nc12. The molecule has 1 aliphatic rings. The lowest BCUT2D eigenvalue weighted by Crippen LogP contribution is -2.35. The van der Waals surface area contributed by atoms with Gasteiger partial charge in [0.15, 0.2) is 0 Å². The Kier molecular flexibility index (Phi) is 7.55. The third-order valence-electron chi connectivity index (χ3n) is 5.92. The summed E-state index contributed by atoms with van der Waals surface area (Å²) in [6.45, 7) is 5.88. The maximum Gasteiger partial charge on any atom is 0.224 e. The van der Waals surface area contributed by atoms with Gasteiger partial charge in [-0.25, -0.2) is 4.98 Å². The minimum Gasteiger partial charge on any atom is -0.356 e.